The van der Waals surface area contributed by atoms with E-state index in [0.29, 0.717) is 26.1 Å². The summed E-state index contributed by atoms with van der Waals surface area (Å²) >= 11 is 0. The number of anilines is 2. The van der Waals surface area contributed by atoms with Crippen molar-refractivity contribution in [1.29, 1.82) is 0 Å². The van der Waals surface area contributed by atoms with Crippen molar-refractivity contribution in [2.45, 2.75) is 67.2 Å². The normalized spacial score (nSPS) is 10.6. The zero-order valence-corrected chi connectivity index (χ0v) is 21.4. The van der Waals surface area contributed by atoms with Crippen molar-refractivity contribution in [3.8, 4) is 0 Å². The summed E-state index contributed by atoms with van der Waals surface area (Å²) < 4.78 is 5.05. The third kappa shape index (κ3) is 6.92. The third-order valence-electron chi connectivity index (χ3n) is 5.98. The molecule has 0 radical (unpaired) electrons. The Morgan fingerprint density at radius 1 is 0.794 bits per heavy atom. The Morgan fingerprint density at radius 3 is 1.94 bits per heavy atom. The Labute approximate surface area is 203 Å². The van der Waals surface area contributed by atoms with Crippen molar-refractivity contribution < 1.29 is 19.1 Å². The van der Waals surface area contributed by atoms with E-state index in [1.807, 2.05) is 57.2 Å². The van der Waals surface area contributed by atoms with Crippen LogP contribution in [0.25, 0.3) is 0 Å². The molecule has 2 amide bonds. The van der Waals surface area contributed by atoms with Crippen molar-refractivity contribution in [1.82, 2.24) is 0 Å². The van der Waals surface area contributed by atoms with E-state index in [2.05, 4.69) is 6.92 Å². The molecule has 0 heterocycles. The fourth-order valence-corrected chi connectivity index (χ4v) is 4.37. The lowest BCUT2D eigenvalue weighted by Gasteiger charge is -2.29. The van der Waals surface area contributed by atoms with Gasteiger partial charge < -0.3 is 14.5 Å². The van der Waals surface area contributed by atoms with Crippen LogP contribution in [0.5, 0.6) is 0 Å². The van der Waals surface area contributed by atoms with Crippen molar-refractivity contribution >= 4 is 29.2 Å². The summed E-state index contributed by atoms with van der Waals surface area (Å²) in [5.74, 6) is -0.414. The van der Waals surface area contributed by atoms with Gasteiger partial charge in [-0.25, -0.2) is 0 Å². The zero-order chi connectivity index (χ0) is 25.3. The number of rotatable bonds is 11. The van der Waals surface area contributed by atoms with Gasteiger partial charge in [-0.15, -0.1) is 0 Å². The highest BCUT2D eigenvalue weighted by Gasteiger charge is 2.23. The fourth-order valence-electron chi connectivity index (χ4n) is 4.37. The molecule has 0 aromatic heterocycles. The molecule has 2 aromatic carbocycles. The van der Waals surface area contributed by atoms with Gasteiger partial charge in [-0.1, -0.05) is 43.3 Å². The predicted octanol–water partition coefficient (Wildman–Crippen LogP) is 5.29. The lowest BCUT2D eigenvalue weighted by Crippen LogP contribution is -2.38. The number of hydrogen-bond donors (Lipinski definition) is 0. The van der Waals surface area contributed by atoms with Gasteiger partial charge in [-0.05, 0) is 62.8 Å². The second-order valence-electron chi connectivity index (χ2n) is 8.55. The summed E-state index contributed by atoms with van der Waals surface area (Å²) in [6.07, 6.45) is 1.74. The number of carbonyl (C=O) groups is 3. The highest BCUT2D eigenvalue weighted by atomic mass is 16.5. The van der Waals surface area contributed by atoms with Crippen molar-refractivity contribution in [2.75, 3.05) is 29.5 Å². The van der Waals surface area contributed by atoms with Crippen LogP contribution in [0.2, 0.25) is 0 Å². The van der Waals surface area contributed by atoms with Crippen molar-refractivity contribution in [3.63, 3.8) is 0 Å². The van der Waals surface area contributed by atoms with E-state index in [9.17, 15) is 14.4 Å². The Kier molecular flexibility index (Phi) is 10.3. The molecule has 184 valence electrons. The molecule has 2 rings (SSSR count). The maximum absolute atomic E-state index is 13.6. The van der Waals surface area contributed by atoms with E-state index in [0.717, 1.165) is 40.0 Å². The van der Waals surface area contributed by atoms with E-state index < -0.39 is 0 Å². The lowest BCUT2D eigenvalue weighted by atomic mass is 10.0. The lowest BCUT2D eigenvalue weighted by molar-refractivity contribution is -0.143. The molecule has 0 aliphatic rings. The molecule has 0 N–H and O–H groups in total. The monoisotopic (exact) mass is 466 g/mol. The number of amides is 2. The van der Waals surface area contributed by atoms with Gasteiger partial charge in [0.1, 0.15) is 0 Å². The van der Waals surface area contributed by atoms with Crippen LogP contribution < -0.4 is 9.80 Å². The molecular formula is C28H38N2O4. The summed E-state index contributed by atoms with van der Waals surface area (Å²) in [5, 5.41) is 0. The predicted molar refractivity (Wildman–Crippen MR) is 137 cm³/mol. The van der Waals surface area contributed by atoms with Crippen LogP contribution in [-0.2, 0) is 25.5 Å². The number of ether oxygens (including phenoxy) is 1. The van der Waals surface area contributed by atoms with E-state index in [4.69, 9.17) is 4.74 Å². The first-order valence-corrected chi connectivity index (χ1v) is 12.1. The summed E-state index contributed by atoms with van der Waals surface area (Å²) in [4.78, 5) is 41.4. The van der Waals surface area contributed by atoms with Crippen LogP contribution in [0, 0.1) is 20.8 Å². The van der Waals surface area contributed by atoms with Gasteiger partial charge in [0.05, 0.1) is 6.61 Å². The highest BCUT2D eigenvalue weighted by Crippen LogP contribution is 2.28. The first-order valence-electron chi connectivity index (χ1n) is 12.1. The second-order valence-corrected chi connectivity index (χ2v) is 8.55. The molecule has 0 fully saturated rings. The standard InChI is InChI=1S/C28H38N2O4/c1-7-24-15-10-14-22(5)28(24)30(18-11-16-26(33)34-8-2)25(32)17-19-29(23(6)31)27-20(3)12-9-13-21(27)4/h9-10,12-15H,7-8,11,16-19H2,1-6H3. The summed E-state index contributed by atoms with van der Waals surface area (Å²) in [5.41, 5.74) is 5.87. The highest BCUT2D eigenvalue weighted by molar-refractivity contribution is 5.97. The van der Waals surface area contributed by atoms with E-state index in [1.54, 1.807) is 16.7 Å². The molecule has 0 saturated carbocycles. The summed E-state index contributed by atoms with van der Waals surface area (Å²) in [6.45, 7) is 12.4. The number of aryl methyl sites for hydroxylation is 4. The minimum atomic E-state index is -0.256. The van der Waals surface area contributed by atoms with Gasteiger partial charge in [-0.2, -0.15) is 0 Å². The molecule has 0 bridgehead atoms. The quantitative estimate of drug-likeness (QED) is 0.422. The molecule has 0 atom stereocenters. The molecule has 6 heteroatoms. The first kappa shape index (κ1) is 27.1. The smallest absolute Gasteiger partial charge is 0.305 e. The summed E-state index contributed by atoms with van der Waals surface area (Å²) in [6, 6.07) is 11.9. The zero-order valence-electron chi connectivity index (χ0n) is 21.4. The van der Waals surface area contributed by atoms with Gasteiger partial charge in [0, 0.05) is 44.2 Å². The second kappa shape index (κ2) is 12.9. The molecule has 0 spiro atoms. The number of nitrogens with zero attached hydrogens (tertiary/aromatic N) is 2. The van der Waals surface area contributed by atoms with Gasteiger partial charge in [0.2, 0.25) is 11.8 Å². The Balaban J connectivity index is 2.28. The van der Waals surface area contributed by atoms with Gasteiger partial charge in [0.25, 0.3) is 0 Å². The summed E-state index contributed by atoms with van der Waals surface area (Å²) in [7, 11) is 0. The molecular weight excluding hydrogens is 428 g/mol. The maximum atomic E-state index is 13.6. The number of benzene rings is 2. The van der Waals surface area contributed by atoms with Crippen molar-refractivity contribution in [3.05, 3.63) is 58.7 Å². The van der Waals surface area contributed by atoms with Crippen LogP contribution in [0.4, 0.5) is 11.4 Å². The maximum Gasteiger partial charge on any atom is 0.305 e. The molecule has 0 unspecified atom stereocenters. The van der Waals surface area contributed by atoms with Crippen LogP contribution in [0.1, 0.15) is 62.3 Å². The average molecular weight is 467 g/mol. The van der Waals surface area contributed by atoms with Gasteiger partial charge >= 0.3 is 5.97 Å². The SMILES string of the molecule is CCOC(=O)CCCN(C(=O)CCN(C(C)=O)c1c(C)cccc1C)c1c(C)cccc1CC. The Bertz CT molecular complexity index is 995. The molecule has 2 aromatic rings. The molecule has 6 nitrogen and oxygen atoms in total. The molecule has 34 heavy (non-hydrogen) atoms. The molecule has 0 aliphatic carbocycles. The van der Waals surface area contributed by atoms with E-state index >= 15 is 0 Å². The topological polar surface area (TPSA) is 66.9 Å². The van der Waals surface area contributed by atoms with Crippen LogP contribution >= 0.6 is 0 Å². The number of hydrogen-bond acceptors (Lipinski definition) is 4. The van der Waals surface area contributed by atoms with Crippen LogP contribution in [0.15, 0.2) is 36.4 Å². The van der Waals surface area contributed by atoms with Crippen LogP contribution in [-0.4, -0.2) is 37.5 Å². The third-order valence-corrected chi connectivity index (χ3v) is 5.98. The van der Waals surface area contributed by atoms with Gasteiger partial charge in [0.15, 0.2) is 0 Å². The number of para-hydroxylation sites is 2. The average Bonchev–Trinajstić information content (AvgIpc) is 2.78. The fraction of sp³-hybridized carbons (Fsp3) is 0.464. The van der Waals surface area contributed by atoms with Crippen molar-refractivity contribution in [2.24, 2.45) is 0 Å². The first-order chi connectivity index (χ1) is 16.2. The largest absolute Gasteiger partial charge is 0.466 e. The van der Waals surface area contributed by atoms with Crippen LogP contribution in [0.3, 0.4) is 0 Å². The number of carbonyl (C=O) groups excluding carboxylic acids is 3. The Hall–Kier alpha value is -3.15. The number of esters is 1. The van der Waals surface area contributed by atoms with Gasteiger partial charge in [-0.3, -0.25) is 14.4 Å². The minimum absolute atomic E-state index is 0.0645. The minimum Gasteiger partial charge on any atom is -0.466 e. The molecule has 0 aliphatic heterocycles. The van der Waals surface area contributed by atoms with E-state index in [1.165, 1.54) is 6.92 Å². The van der Waals surface area contributed by atoms with E-state index in [-0.39, 0.29) is 30.6 Å². The molecule has 0 saturated heterocycles. The Morgan fingerprint density at radius 2 is 1.38 bits per heavy atom.